The molecule has 2 fully saturated rings. The molecule has 4 aromatic heterocycles. The molecule has 2 saturated heterocycles. The Hall–Kier alpha value is -3.98. The fourth-order valence-corrected chi connectivity index (χ4v) is 5.40. The molecular weight excluding hydrogens is 430 g/mol. The molecule has 0 aromatic carbocycles. The topological polar surface area (TPSA) is 88.4 Å². The van der Waals surface area contributed by atoms with Crippen LogP contribution in [-0.4, -0.2) is 55.7 Å². The molecule has 1 N–H and O–H groups in total. The van der Waals surface area contributed by atoms with E-state index in [0.717, 1.165) is 53.1 Å². The summed E-state index contributed by atoms with van der Waals surface area (Å²) in [6.45, 7) is 2.11. The van der Waals surface area contributed by atoms with Gasteiger partial charge >= 0.3 is 0 Å². The van der Waals surface area contributed by atoms with Crippen molar-refractivity contribution < 1.29 is 9.53 Å². The minimum Gasteiger partial charge on any atom is -0.374 e. The van der Waals surface area contributed by atoms with E-state index in [2.05, 4.69) is 31.3 Å². The highest BCUT2D eigenvalue weighted by atomic mass is 16.5. The third-order valence-electron chi connectivity index (χ3n) is 7.10. The number of carbonyl (C=O) groups is 1. The van der Waals surface area contributed by atoms with E-state index in [1.54, 1.807) is 23.5 Å². The molecule has 2 atom stereocenters. The minimum absolute atomic E-state index is 0.0862. The van der Waals surface area contributed by atoms with Gasteiger partial charge in [0.25, 0.3) is 5.91 Å². The zero-order valence-corrected chi connectivity index (χ0v) is 18.7. The van der Waals surface area contributed by atoms with E-state index in [9.17, 15) is 4.79 Å². The van der Waals surface area contributed by atoms with Crippen molar-refractivity contribution in [2.75, 3.05) is 23.5 Å². The van der Waals surface area contributed by atoms with E-state index in [1.807, 2.05) is 42.2 Å². The largest absolute Gasteiger partial charge is 0.374 e. The summed E-state index contributed by atoms with van der Waals surface area (Å²) in [5.41, 5.74) is 8.52. The number of rotatable bonds is 4. The Balaban J connectivity index is 1.15. The third kappa shape index (κ3) is 2.90. The van der Waals surface area contributed by atoms with E-state index in [-0.39, 0.29) is 5.91 Å². The molecule has 34 heavy (non-hydrogen) atoms. The molecule has 0 aliphatic carbocycles. The van der Waals surface area contributed by atoms with Crippen LogP contribution < -0.4 is 10.3 Å². The molecule has 7 heterocycles. The van der Waals surface area contributed by atoms with Crippen LogP contribution in [0.15, 0.2) is 55.1 Å². The quantitative estimate of drug-likeness (QED) is 0.508. The molecule has 9 heteroatoms. The number of aryl methyl sites for hydroxylation is 1. The molecule has 3 aliphatic rings. The maximum atomic E-state index is 13.2. The maximum absolute atomic E-state index is 13.2. The number of fused-ring (bicyclic) bond motifs is 4. The maximum Gasteiger partial charge on any atom is 0.273 e. The number of hydrazine groups is 1. The summed E-state index contributed by atoms with van der Waals surface area (Å²) >= 11 is 0. The lowest BCUT2D eigenvalue weighted by Gasteiger charge is -2.28. The predicted molar refractivity (Wildman–Crippen MR) is 127 cm³/mol. The fraction of sp³-hybridized carbons (Fsp3) is 0.280. The Morgan fingerprint density at radius 1 is 1.06 bits per heavy atom. The van der Waals surface area contributed by atoms with Gasteiger partial charge in [0.2, 0.25) is 0 Å². The molecule has 0 radical (unpaired) electrons. The zero-order valence-electron chi connectivity index (χ0n) is 18.7. The van der Waals surface area contributed by atoms with Crippen molar-refractivity contribution in [2.45, 2.75) is 25.1 Å². The average Bonchev–Trinajstić information content (AvgIpc) is 3.65. The molecule has 0 saturated carbocycles. The van der Waals surface area contributed by atoms with Gasteiger partial charge in [0.05, 0.1) is 48.4 Å². The molecule has 0 unspecified atom stereocenters. The Bertz CT molecular complexity index is 1430. The minimum atomic E-state index is -0.0862. The third-order valence-corrected chi connectivity index (χ3v) is 7.10. The summed E-state index contributed by atoms with van der Waals surface area (Å²) in [7, 11) is 1.97. The molecule has 1 amide bonds. The number of morpholine rings is 1. The smallest absolute Gasteiger partial charge is 0.273 e. The number of carbonyl (C=O) groups excluding carboxylic acids is 1. The molecule has 0 spiro atoms. The number of aromatic nitrogens is 4. The SMILES string of the molecule is Cn1ccc2c(-c3nccc4c3CN(Nc3ccc(N5C[C@@H]6C[C@H]5CO6)cn3)C4=O)ccnc21. The van der Waals surface area contributed by atoms with Crippen molar-refractivity contribution in [3.8, 4) is 11.3 Å². The first-order valence-electron chi connectivity index (χ1n) is 11.5. The van der Waals surface area contributed by atoms with E-state index in [0.29, 0.717) is 30.1 Å². The van der Waals surface area contributed by atoms with E-state index < -0.39 is 0 Å². The van der Waals surface area contributed by atoms with Crippen LogP contribution in [-0.2, 0) is 18.3 Å². The lowest BCUT2D eigenvalue weighted by atomic mass is 10.0. The predicted octanol–water partition coefficient (Wildman–Crippen LogP) is 2.99. The molecular formula is C25H23N7O2. The molecule has 9 nitrogen and oxygen atoms in total. The number of ether oxygens (including phenoxy) is 1. The molecule has 4 aromatic rings. The van der Waals surface area contributed by atoms with Gasteiger partial charge in [-0.3, -0.25) is 15.2 Å². The lowest BCUT2D eigenvalue weighted by Crippen LogP contribution is -2.37. The second-order valence-electron chi connectivity index (χ2n) is 9.11. The van der Waals surface area contributed by atoms with E-state index in [4.69, 9.17) is 4.74 Å². The van der Waals surface area contributed by atoms with E-state index in [1.165, 1.54) is 0 Å². The number of amides is 1. The van der Waals surface area contributed by atoms with Crippen LogP contribution in [0.1, 0.15) is 22.3 Å². The van der Waals surface area contributed by atoms with Crippen molar-refractivity contribution in [3.63, 3.8) is 0 Å². The summed E-state index contributed by atoms with van der Waals surface area (Å²) in [4.78, 5) is 29.3. The number of hydrogen-bond acceptors (Lipinski definition) is 7. The summed E-state index contributed by atoms with van der Waals surface area (Å²) in [6, 6.07) is 10.2. The van der Waals surface area contributed by atoms with Gasteiger partial charge in [-0.05, 0) is 36.8 Å². The Morgan fingerprint density at radius 2 is 1.94 bits per heavy atom. The first-order valence-corrected chi connectivity index (χ1v) is 11.5. The highest BCUT2D eigenvalue weighted by molar-refractivity contribution is 6.02. The van der Waals surface area contributed by atoms with Crippen molar-refractivity contribution in [3.05, 3.63) is 66.2 Å². The van der Waals surface area contributed by atoms with Gasteiger partial charge in [-0.15, -0.1) is 0 Å². The van der Waals surface area contributed by atoms with E-state index >= 15 is 0 Å². The number of pyridine rings is 3. The second kappa shape index (κ2) is 7.26. The highest BCUT2D eigenvalue weighted by Crippen LogP contribution is 2.35. The van der Waals surface area contributed by atoms with Gasteiger partial charge < -0.3 is 14.2 Å². The number of nitrogens with zero attached hydrogens (tertiary/aromatic N) is 6. The first-order chi connectivity index (χ1) is 16.7. The summed E-state index contributed by atoms with van der Waals surface area (Å²) in [5.74, 6) is 0.547. The molecule has 3 aliphatic heterocycles. The van der Waals surface area contributed by atoms with Crippen LogP contribution in [0.5, 0.6) is 0 Å². The van der Waals surface area contributed by atoms with Crippen LogP contribution in [0.25, 0.3) is 22.3 Å². The monoisotopic (exact) mass is 453 g/mol. The second-order valence-corrected chi connectivity index (χ2v) is 9.11. The van der Waals surface area contributed by atoms with Gasteiger partial charge in [-0.2, -0.15) is 0 Å². The van der Waals surface area contributed by atoms with Gasteiger partial charge in [-0.25, -0.2) is 15.0 Å². The van der Waals surface area contributed by atoms with Crippen LogP contribution >= 0.6 is 0 Å². The number of hydrogen-bond donors (Lipinski definition) is 1. The molecule has 7 rings (SSSR count). The van der Waals surface area contributed by atoms with Crippen LogP contribution in [0.2, 0.25) is 0 Å². The van der Waals surface area contributed by atoms with Gasteiger partial charge in [0, 0.05) is 48.7 Å². The average molecular weight is 454 g/mol. The fourth-order valence-electron chi connectivity index (χ4n) is 5.40. The highest BCUT2D eigenvalue weighted by Gasteiger charge is 2.39. The Labute approximate surface area is 196 Å². The van der Waals surface area contributed by atoms with Crippen LogP contribution in [0, 0.1) is 0 Å². The van der Waals surface area contributed by atoms with Gasteiger partial charge in [0.15, 0.2) is 0 Å². The summed E-state index contributed by atoms with van der Waals surface area (Å²) in [5, 5.41) is 2.62. The van der Waals surface area contributed by atoms with Gasteiger partial charge in [0.1, 0.15) is 11.5 Å². The summed E-state index contributed by atoms with van der Waals surface area (Å²) in [6.07, 6.45) is 8.76. The first kappa shape index (κ1) is 19.5. The normalized spacial score (nSPS) is 21.0. The number of nitrogens with one attached hydrogen (secondary N) is 1. The Kier molecular flexibility index (Phi) is 4.16. The zero-order chi connectivity index (χ0) is 22.8. The van der Waals surface area contributed by atoms with Crippen molar-refractivity contribution in [2.24, 2.45) is 7.05 Å². The number of anilines is 2. The van der Waals surface area contributed by atoms with Crippen LogP contribution in [0.4, 0.5) is 11.5 Å². The molecule has 2 bridgehead atoms. The van der Waals surface area contributed by atoms with Crippen molar-refractivity contribution in [1.29, 1.82) is 0 Å². The van der Waals surface area contributed by atoms with Crippen LogP contribution in [0.3, 0.4) is 0 Å². The summed E-state index contributed by atoms with van der Waals surface area (Å²) < 4.78 is 7.68. The van der Waals surface area contributed by atoms with Crippen molar-refractivity contribution in [1.82, 2.24) is 24.5 Å². The van der Waals surface area contributed by atoms with Crippen molar-refractivity contribution >= 4 is 28.4 Å². The Morgan fingerprint density at radius 3 is 2.74 bits per heavy atom. The lowest BCUT2D eigenvalue weighted by molar-refractivity contribution is 0.0814. The van der Waals surface area contributed by atoms with Gasteiger partial charge in [-0.1, -0.05) is 0 Å². The standard InChI is InChI=1S/C25H23N7O2/c1-30-9-6-19-18(4-8-27-24(19)30)23-21-13-32(25(33)20(21)5-7-26-23)29-22-3-2-15(11-28-22)31-12-17-10-16(31)14-34-17/h2-9,11,16-17H,10,12-14H2,1H3,(H,28,29)/t16-,17-/m0/s1. The molecule has 170 valence electrons.